The molecule has 1 aromatic carbocycles. The van der Waals surface area contributed by atoms with Crippen molar-refractivity contribution >= 4 is 17.5 Å². The van der Waals surface area contributed by atoms with E-state index in [9.17, 15) is 9.59 Å². The molecule has 6 nitrogen and oxygen atoms in total. The largest absolute Gasteiger partial charge is 0.484 e. The van der Waals surface area contributed by atoms with Crippen LogP contribution in [0.25, 0.3) is 0 Å². The summed E-state index contributed by atoms with van der Waals surface area (Å²) in [5.74, 6) is -0.00107. The molecule has 6 heteroatoms. The lowest BCUT2D eigenvalue weighted by molar-refractivity contribution is -0.120. The number of nitrogens with one attached hydrogen (secondary N) is 2. The van der Waals surface area contributed by atoms with E-state index in [1.807, 2.05) is 0 Å². The molecule has 0 aliphatic carbocycles. The molecule has 1 fully saturated rings. The summed E-state index contributed by atoms with van der Waals surface area (Å²) in [7, 11) is 0. The lowest BCUT2D eigenvalue weighted by Crippen LogP contribution is -2.43. The molecule has 1 aliphatic heterocycles. The number of hydrogen-bond donors (Lipinski definition) is 3. The van der Waals surface area contributed by atoms with E-state index < -0.39 is 5.91 Å². The van der Waals surface area contributed by atoms with Crippen LogP contribution in [0.15, 0.2) is 24.3 Å². The number of ether oxygens (including phenoxy) is 1. The van der Waals surface area contributed by atoms with Crippen LogP contribution in [0.2, 0.25) is 0 Å². The minimum Gasteiger partial charge on any atom is -0.484 e. The average molecular weight is 277 g/mol. The van der Waals surface area contributed by atoms with Gasteiger partial charge in [0.05, 0.1) is 6.04 Å². The van der Waals surface area contributed by atoms with Gasteiger partial charge in [-0.15, -0.1) is 0 Å². The van der Waals surface area contributed by atoms with Crippen molar-refractivity contribution in [1.82, 2.24) is 5.32 Å². The van der Waals surface area contributed by atoms with Crippen LogP contribution in [0, 0.1) is 0 Å². The summed E-state index contributed by atoms with van der Waals surface area (Å²) >= 11 is 0. The predicted molar refractivity (Wildman–Crippen MR) is 75.4 cm³/mol. The normalized spacial score (nSPS) is 18.3. The van der Waals surface area contributed by atoms with E-state index in [2.05, 4.69) is 10.6 Å². The average Bonchev–Trinajstić information content (AvgIpc) is 2.47. The van der Waals surface area contributed by atoms with E-state index in [-0.39, 0.29) is 18.6 Å². The van der Waals surface area contributed by atoms with Crippen molar-refractivity contribution in [3.05, 3.63) is 24.3 Å². The number of carbonyl (C=O) groups is 2. The Kier molecular flexibility index (Phi) is 4.95. The van der Waals surface area contributed by atoms with Crippen LogP contribution >= 0.6 is 0 Å². The van der Waals surface area contributed by atoms with Crippen LogP contribution in [0.4, 0.5) is 5.69 Å². The Morgan fingerprint density at radius 3 is 2.65 bits per heavy atom. The Balaban J connectivity index is 1.86. The lowest BCUT2D eigenvalue weighted by atomic mass is 10.0. The molecule has 0 spiro atoms. The zero-order chi connectivity index (χ0) is 14.4. The van der Waals surface area contributed by atoms with E-state index in [4.69, 9.17) is 10.5 Å². The SMILES string of the molecule is NC(=O)COc1ccc(NC(=O)C2CCCCN2)cc1. The quantitative estimate of drug-likeness (QED) is 0.736. The molecule has 0 bridgehead atoms. The Morgan fingerprint density at radius 2 is 2.05 bits per heavy atom. The fourth-order valence-corrected chi connectivity index (χ4v) is 2.09. The molecule has 2 amide bonds. The highest BCUT2D eigenvalue weighted by atomic mass is 16.5. The maximum atomic E-state index is 12.0. The van der Waals surface area contributed by atoms with E-state index in [0.29, 0.717) is 11.4 Å². The molecule has 0 saturated carbocycles. The number of carbonyl (C=O) groups excluding carboxylic acids is 2. The predicted octanol–water partition coefficient (Wildman–Crippen LogP) is 0.631. The van der Waals surface area contributed by atoms with E-state index >= 15 is 0 Å². The highest BCUT2D eigenvalue weighted by Crippen LogP contribution is 2.16. The molecule has 2 rings (SSSR count). The summed E-state index contributed by atoms with van der Waals surface area (Å²) in [6, 6.07) is 6.72. The van der Waals surface area contributed by atoms with Gasteiger partial charge in [-0.1, -0.05) is 6.42 Å². The Morgan fingerprint density at radius 1 is 1.30 bits per heavy atom. The van der Waals surface area contributed by atoms with Gasteiger partial charge in [-0.3, -0.25) is 9.59 Å². The smallest absolute Gasteiger partial charge is 0.255 e. The highest BCUT2D eigenvalue weighted by molar-refractivity contribution is 5.94. The summed E-state index contributed by atoms with van der Waals surface area (Å²) in [6.07, 6.45) is 3.06. The Bertz CT molecular complexity index is 467. The van der Waals surface area contributed by atoms with Crippen LogP contribution < -0.4 is 21.1 Å². The Hall–Kier alpha value is -2.08. The fraction of sp³-hybridized carbons (Fsp3) is 0.429. The number of primary amides is 1. The van der Waals surface area contributed by atoms with Crippen LogP contribution in [0.1, 0.15) is 19.3 Å². The third kappa shape index (κ3) is 4.24. The van der Waals surface area contributed by atoms with Crippen molar-refractivity contribution in [3.63, 3.8) is 0 Å². The van der Waals surface area contributed by atoms with Crippen molar-refractivity contribution in [3.8, 4) is 5.75 Å². The molecule has 108 valence electrons. The highest BCUT2D eigenvalue weighted by Gasteiger charge is 2.20. The number of benzene rings is 1. The molecular formula is C14H19N3O3. The molecule has 1 saturated heterocycles. The minimum atomic E-state index is -0.522. The second-order valence-electron chi connectivity index (χ2n) is 4.77. The van der Waals surface area contributed by atoms with Crippen LogP contribution in [0.5, 0.6) is 5.75 Å². The first kappa shape index (κ1) is 14.3. The minimum absolute atomic E-state index is 0.0181. The molecule has 1 aliphatic rings. The van der Waals surface area contributed by atoms with Gasteiger partial charge in [0, 0.05) is 5.69 Å². The molecule has 4 N–H and O–H groups in total. The lowest BCUT2D eigenvalue weighted by Gasteiger charge is -2.22. The molecule has 0 aromatic heterocycles. The van der Waals surface area contributed by atoms with Crippen molar-refractivity contribution in [1.29, 1.82) is 0 Å². The van der Waals surface area contributed by atoms with Gasteiger partial charge < -0.3 is 21.1 Å². The molecule has 1 unspecified atom stereocenters. The summed E-state index contributed by atoms with van der Waals surface area (Å²) < 4.78 is 5.14. The Labute approximate surface area is 117 Å². The summed E-state index contributed by atoms with van der Waals surface area (Å²) in [5.41, 5.74) is 5.69. The number of amides is 2. The number of nitrogens with two attached hydrogens (primary N) is 1. The van der Waals surface area contributed by atoms with Gasteiger partial charge >= 0.3 is 0 Å². The van der Waals surface area contributed by atoms with Gasteiger partial charge in [0.1, 0.15) is 5.75 Å². The maximum absolute atomic E-state index is 12.0. The molecule has 0 radical (unpaired) electrons. The van der Waals surface area contributed by atoms with Gasteiger partial charge in [-0.05, 0) is 43.7 Å². The fourth-order valence-electron chi connectivity index (χ4n) is 2.09. The van der Waals surface area contributed by atoms with Crippen molar-refractivity contribution in [2.24, 2.45) is 5.73 Å². The third-order valence-corrected chi connectivity index (χ3v) is 3.13. The zero-order valence-electron chi connectivity index (χ0n) is 11.2. The zero-order valence-corrected chi connectivity index (χ0v) is 11.2. The summed E-state index contributed by atoms with van der Waals surface area (Å²) in [6.45, 7) is 0.732. The van der Waals surface area contributed by atoms with Gasteiger partial charge in [0.2, 0.25) is 5.91 Å². The molecular weight excluding hydrogens is 258 g/mol. The van der Waals surface area contributed by atoms with Crippen LogP contribution in [-0.4, -0.2) is 31.0 Å². The summed E-state index contributed by atoms with van der Waals surface area (Å²) in [4.78, 5) is 22.6. The second-order valence-corrected chi connectivity index (χ2v) is 4.77. The van der Waals surface area contributed by atoms with E-state index in [1.165, 1.54) is 0 Å². The van der Waals surface area contributed by atoms with Crippen molar-refractivity contribution < 1.29 is 14.3 Å². The van der Waals surface area contributed by atoms with Gasteiger partial charge in [0.15, 0.2) is 6.61 Å². The van der Waals surface area contributed by atoms with Crippen LogP contribution in [0.3, 0.4) is 0 Å². The van der Waals surface area contributed by atoms with Gasteiger partial charge in [0.25, 0.3) is 5.91 Å². The van der Waals surface area contributed by atoms with E-state index in [1.54, 1.807) is 24.3 Å². The first-order valence-electron chi connectivity index (χ1n) is 6.70. The molecule has 20 heavy (non-hydrogen) atoms. The first-order chi connectivity index (χ1) is 9.65. The maximum Gasteiger partial charge on any atom is 0.255 e. The second kappa shape index (κ2) is 6.91. The molecule has 1 aromatic rings. The molecule has 1 heterocycles. The number of hydrogen-bond acceptors (Lipinski definition) is 4. The van der Waals surface area contributed by atoms with Gasteiger partial charge in [-0.2, -0.15) is 0 Å². The van der Waals surface area contributed by atoms with Crippen molar-refractivity contribution in [2.75, 3.05) is 18.5 Å². The first-order valence-corrected chi connectivity index (χ1v) is 6.70. The van der Waals surface area contributed by atoms with Gasteiger partial charge in [-0.25, -0.2) is 0 Å². The number of rotatable bonds is 5. The van der Waals surface area contributed by atoms with Crippen LogP contribution in [-0.2, 0) is 9.59 Å². The molecule has 1 atom stereocenters. The third-order valence-electron chi connectivity index (χ3n) is 3.13. The number of anilines is 1. The number of piperidine rings is 1. The monoisotopic (exact) mass is 277 g/mol. The van der Waals surface area contributed by atoms with Crippen molar-refractivity contribution in [2.45, 2.75) is 25.3 Å². The summed E-state index contributed by atoms with van der Waals surface area (Å²) in [5, 5.41) is 6.05. The topological polar surface area (TPSA) is 93.5 Å². The standard InChI is InChI=1S/C14H19N3O3/c15-13(18)9-20-11-6-4-10(5-7-11)17-14(19)12-3-1-2-8-16-12/h4-7,12,16H,1-3,8-9H2,(H2,15,18)(H,17,19). The van der Waals surface area contributed by atoms with E-state index in [0.717, 1.165) is 25.8 Å².